The molecule has 0 saturated heterocycles. The molecule has 2 amide bonds. The number of nitrogens with one attached hydrogen (secondary N) is 1. The molecular weight excluding hydrogens is 389 g/mol. The number of carbonyl (C=O) groups excluding carboxylic acids is 2. The summed E-state index contributed by atoms with van der Waals surface area (Å²) in [5.41, 5.74) is 2.20. The molecule has 7 nitrogen and oxygen atoms in total. The number of halogens is 3. The number of alkyl halides is 3. The zero-order valence-corrected chi connectivity index (χ0v) is 16.0. The van der Waals surface area contributed by atoms with Gasteiger partial charge in [-0.1, -0.05) is 0 Å². The third-order valence-electron chi connectivity index (χ3n) is 4.69. The molecule has 0 bridgehead atoms. The molecule has 0 aliphatic carbocycles. The van der Waals surface area contributed by atoms with Crippen molar-refractivity contribution in [3.63, 3.8) is 0 Å². The average molecular weight is 408 g/mol. The van der Waals surface area contributed by atoms with Crippen LogP contribution in [0.25, 0.3) is 0 Å². The zero-order chi connectivity index (χ0) is 21.3. The van der Waals surface area contributed by atoms with Crippen molar-refractivity contribution >= 4 is 11.8 Å². The quantitative estimate of drug-likeness (QED) is 0.823. The van der Waals surface area contributed by atoms with E-state index in [0.29, 0.717) is 22.3 Å². The molecule has 2 aromatic rings. The Hall–Kier alpha value is -3.17. The molecule has 1 unspecified atom stereocenters. The van der Waals surface area contributed by atoms with E-state index in [1.165, 1.54) is 19.4 Å². The third kappa shape index (κ3) is 4.15. The van der Waals surface area contributed by atoms with Gasteiger partial charge in [0.15, 0.2) is 6.61 Å². The van der Waals surface area contributed by atoms with Gasteiger partial charge in [0.25, 0.3) is 11.8 Å². The van der Waals surface area contributed by atoms with Crippen LogP contribution in [0.4, 0.5) is 13.2 Å². The van der Waals surface area contributed by atoms with E-state index in [4.69, 9.17) is 4.74 Å². The molecule has 0 fully saturated rings. The van der Waals surface area contributed by atoms with Gasteiger partial charge in [0, 0.05) is 42.7 Å². The molecule has 0 spiro atoms. The average Bonchev–Trinajstić information content (AvgIpc) is 3.02. The fourth-order valence-electron chi connectivity index (χ4n) is 3.17. The minimum Gasteiger partial charge on any atom is -0.468 e. The number of ether oxygens (including phenoxy) is 1. The maximum absolute atomic E-state index is 12.8. The SMILES string of the molecule is CNC(=O)c1nccc2c1CN(C(C)c1cnc(OCC(F)(F)F)c(C)c1)C2=O. The van der Waals surface area contributed by atoms with Gasteiger partial charge in [-0.15, -0.1) is 0 Å². The van der Waals surface area contributed by atoms with Gasteiger partial charge >= 0.3 is 6.18 Å². The number of nitrogens with zero attached hydrogens (tertiary/aromatic N) is 3. The molecule has 1 aliphatic rings. The van der Waals surface area contributed by atoms with Crippen molar-refractivity contribution in [3.05, 3.63) is 52.5 Å². The van der Waals surface area contributed by atoms with E-state index >= 15 is 0 Å². The Labute approximate surface area is 164 Å². The standard InChI is InChI=1S/C19H19F3N4O3/c1-10-6-12(7-25-17(10)29-9-19(20,21)22)11(2)26-8-14-13(18(26)28)4-5-24-15(14)16(27)23-3/h4-7,11H,8-9H2,1-3H3,(H,23,27). The minimum atomic E-state index is -4.45. The first-order valence-corrected chi connectivity index (χ1v) is 8.79. The van der Waals surface area contributed by atoms with Crippen molar-refractivity contribution in [2.75, 3.05) is 13.7 Å². The summed E-state index contributed by atoms with van der Waals surface area (Å²) in [5.74, 6) is -0.747. The number of pyridine rings is 2. The number of amides is 2. The largest absolute Gasteiger partial charge is 0.468 e. The van der Waals surface area contributed by atoms with E-state index in [0.717, 1.165) is 0 Å². The Bertz CT molecular complexity index is 962. The minimum absolute atomic E-state index is 0.111. The molecule has 0 aromatic carbocycles. The van der Waals surface area contributed by atoms with Gasteiger partial charge in [-0.2, -0.15) is 13.2 Å². The molecule has 3 heterocycles. The molecule has 1 N–H and O–H groups in total. The summed E-state index contributed by atoms with van der Waals surface area (Å²) >= 11 is 0. The summed E-state index contributed by atoms with van der Waals surface area (Å²) in [6.45, 7) is 2.13. The lowest BCUT2D eigenvalue weighted by Gasteiger charge is -2.25. The topological polar surface area (TPSA) is 84.4 Å². The first-order valence-electron chi connectivity index (χ1n) is 8.79. The van der Waals surface area contributed by atoms with Crippen molar-refractivity contribution in [2.24, 2.45) is 0 Å². The van der Waals surface area contributed by atoms with Gasteiger partial charge in [-0.3, -0.25) is 14.6 Å². The first kappa shape index (κ1) is 20.6. The predicted octanol–water partition coefficient (Wildman–Crippen LogP) is 2.80. The van der Waals surface area contributed by atoms with Crippen LogP contribution in [0.1, 0.15) is 50.5 Å². The second-order valence-corrected chi connectivity index (χ2v) is 6.67. The second-order valence-electron chi connectivity index (χ2n) is 6.67. The molecule has 0 saturated carbocycles. The molecule has 0 radical (unpaired) electrons. The van der Waals surface area contributed by atoms with Crippen LogP contribution in [-0.4, -0.2) is 46.5 Å². The highest BCUT2D eigenvalue weighted by Gasteiger charge is 2.35. The van der Waals surface area contributed by atoms with Gasteiger partial charge in [0.2, 0.25) is 5.88 Å². The second kappa shape index (κ2) is 7.69. The number of carbonyl (C=O) groups is 2. The molecule has 1 aliphatic heterocycles. The van der Waals surface area contributed by atoms with Crippen LogP contribution in [0, 0.1) is 6.92 Å². The van der Waals surface area contributed by atoms with Crippen LogP contribution in [0.2, 0.25) is 0 Å². The smallest absolute Gasteiger partial charge is 0.422 e. The molecule has 29 heavy (non-hydrogen) atoms. The Kier molecular flexibility index (Phi) is 5.45. The van der Waals surface area contributed by atoms with E-state index in [1.807, 2.05) is 0 Å². The van der Waals surface area contributed by atoms with E-state index in [2.05, 4.69) is 15.3 Å². The van der Waals surface area contributed by atoms with Crippen molar-refractivity contribution < 1.29 is 27.5 Å². The van der Waals surface area contributed by atoms with Crippen LogP contribution >= 0.6 is 0 Å². The fourth-order valence-corrected chi connectivity index (χ4v) is 3.17. The number of hydrogen-bond acceptors (Lipinski definition) is 5. The zero-order valence-electron chi connectivity index (χ0n) is 16.0. The highest BCUT2D eigenvalue weighted by molar-refractivity contribution is 6.03. The lowest BCUT2D eigenvalue weighted by Crippen LogP contribution is -2.27. The molecular formula is C19H19F3N4O3. The summed E-state index contributed by atoms with van der Waals surface area (Å²) in [6, 6.07) is 2.78. The summed E-state index contributed by atoms with van der Waals surface area (Å²) in [7, 11) is 1.48. The van der Waals surface area contributed by atoms with E-state index in [9.17, 15) is 22.8 Å². The lowest BCUT2D eigenvalue weighted by atomic mass is 10.1. The van der Waals surface area contributed by atoms with Gasteiger partial charge in [-0.25, -0.2) is 4.98 Å². The van der Waals surface area contributed by atoms with Crippen molar-refractivity contribution in [3.8, 4) is 5.88 Å². The van der Waals surface area contributed by atoms with Gasteiger partial charge < -0.3 is 15.0 Å². The first-order chi connectivity index (χ1) is 13.6. The number of fused-ring (bicyclic) bond motifs is 1. The number of rotatable bonds is 5. The predicted molar refractivity (Wildman–Crippen MR) is 96.4 cm³/mol. The van der Waals surface area contributed by atoms with Crippen LogP contribution in [0.15, 0.2) is 24.5 Å². The summed E-state index contributed by atoms with van der Waals surface area (Å²) < 4.78 is 41.7. The Morgan fingerprint density at radius 3 is 2.72 bits per heavy atom. The highest BCUT2D eigenvalue weighted by atomic mass is 19.4. The maximum Gasteiger partial charge on any atom is 0.422 e. The molecule has 2 aromatic heterocycles. The highest BCUT2D eigenvalue weighted by Crippen LogP contribution is 2.33. The van der Waals surface area contributed by atoms with Crippen molar-refractivity contribution in [1.29, 1.82) is 0 Å². The fraction of sp³-hybridized carbons (Fsp3) is 0.368. The van der Waals surface area contributed by atoms with E-state index in [1.54, 1.807) is 30.9 Å². The van der Waals surface area contributed by atoms with Crippen molar-refractivity contribution in [2.45, 2.75) is 32.6 Å². The Morgan fingerprint density at radius 1 is 1.38 bits per heavy atom. The number of aromatic nitrogens is 2. The van der Waals surface area contributed by atoms with Crippen LogP contribution in [0.5, 0.6) is 5.88 Å². The van der Waals surface area contributed by atoms with Crippen LogP contribution < -0.4 is 10.1 Å². The van der Waals surface area contributed by atoms with Gasteiger partial charge in [0.05, 0.1) is 6.04 Å². The van der Waals surface area contributed by atoms with Gasteiger partial charge in [-0.05, 0) is 31.5 Å². The van der Waals surface area contributed by atoms with Crippen LogP contribution in [0.3, 0.4) is 0 Å². The lowest BCUT2D eigenvalue weighted by molar-refractivity contribution is -0.154. The third-order valence-corrected chi connectivity index (χ3v) is 4.69. The van der Waals surface area contributed by atoms with E-state index < -0.39 is 18.8 Å². The maximum atomic E-state index is 12.8. The summed E-state index contributed by atoms with van der Waals surface area (Å²) in [6.07, 6.45) is -1.66. The summed E-state index contributed by atoms with van der Waals surface area (Å²) in [4.78, 5) is 34.5. The van der Waals surface area contributed by atoms with Crippen LogP contribution in [-0.2, 0) is 6.54 Å². The molecule has 154 valence electrons. The normalized spacial score (nSPS) is 14.6. The molecule has 10 heteroatoms. The Morgan fingerprint density at radius 2 is 2.10 bits per heavy atom. The van der Waals surface area contributed by atoms with E-state index in [-0.39, 0.29) is 29.9 Å². The molecule has 3 rings (SSSR count). The van der Waals surface area contributed by atoms with Crippen molar-refractivity contribution in [1.82, 2.24) is 20.2 Å². The number of aryl methyl sites for hydroxylation is 1. The summed E-state index contributed by atoms with van der Waals surface area (Å²) in [5, 5.41) is 2.50. The monoisotopic (exact) mass is 408 g/mol. The number of hydrogen-bond donors (Lipinski definition) is 1. The molecule has 1 atom stereocenters. The van der Waals surface area contributed by atoms with Gasteiger partial charge in [0.1, 0.15) is 5.69 Å². The Balaban J connectivity index is 1.82.